The van der Waals surface area contributed by atoms with Crippen LogP contribution in [-0.4, -0.2) is 49.6 Å². The van der Waals surface area contributed by atoms with Crippen molar-refractivity contribution in [2.45, 2.75) is 31.9 Å². The Morgan fingerprint density at radius 3 is 2.55 bits per heavy atom. The van der Waals surface area contributed by atoms with Crippen LogP contribution in [0.25, 0.3) is 11.0 Å². The highest BCUT2D eigenvalue weighted by atomic mass is 16.3. The molecule has 0 bridgehead atoms. The third kappa shape index (κ3) is 2.18. The second-order valence-electron chi connectivity index (χ2n) is 6.66. The molecule has 0 radical (unpaired) electrons. The van der Waals surface area contributed by atoms with Gasteiger partial charge in [-0.05, 0) is 30.9 Å². The lowest BCUT2D eigenvalue weighted by Gasteiger charge is -2.26. The van der Waals surface area contributed by atoms with Gasteiger partial charge in [-0.25, -0.2) is 0 Å². The van der Waals surface area contributed by atoms with Crippen LogP contribution in [0.1, 0.15) is 19.8 Å². The molecule has 22 heavy (non-hydrogen) atoms. The van der Waals surface area contributed by atoms with Crippen molar-refractivity contribution in [3.63, 3.8) is 0 Å². The standard InChI is InChI=1S/C16H20N4O2/c1-11-8-19(10-16(11,22)12-6-7-12)15(21)9-20-17-13-4-2-3-5-14(13)18-20/h2-5,11-12,22H,6-10H2,1H3. The Morgan fingerprint density at radius 1 is 1.32 bits per heavy atom. The maximum Gasteiger partial charge on any atom is 0.246 e. The second-order valence-corrected chi connectivity index (χ2v) is 6.66. The molecule has 4 rings (SSSR count). The lowest BCUT2D eigenvalue weighted by atomic mass is 9.88. The Bertz CT molecular complexity index is 691. The number of fused-ring (bicyclic) bond motifs is 1. The molecule has 6 heteroatoms. The van der Waals surface area contributed by atoms with Crippen molar-refractivity contribution in [1.29, 1.82) is 0 Å². The summed E-state index contributed by atoms with van der Waals surface area (Å²) in [5.74, 6) is 0.475. The molecule has 1 aromatic heterocycles. The summed E-state index contributed by atoms with van der Waals surface area (Å²) in [7, 11) is 0. The molecular formula is C16H20N4O2. The number of benzene rings is 1. The van der Waals surface area contributed by atoms with Gasteiger partial charge in [-0.3, -0.25) is 4.79 Å². The van der Waals surface area contributed by atoms with Crippen molar-refractivity contribution >= 4 is 16.9 Å². The first-order valence-corrected chi connectivity index (χ1v) is 7.86. The molecule has 0 spiro atoms. The Labute approximate surface area is 128 Å². The van der Waals surface area contributed by atoms with E-state index in [1.165, 1.54) is 4.80 Å². The number of rotatable bonds is 3. The van der Waals surface area contributed by atoms with E-state index in [1.807, 2.05) is 31.2 Å². The highest BCUT2D eigenvalue weighted by Crippen LogP contribution is 2.46. The van der Waals surface area contributed by atoms with Gasteiger partial charge in [0.2, 0.25) is 5.91 Å². The number of carbonyl (C=O) groups is 1. The largest absolute Gasteiger partial charge is 0.387 e. The fraction of sp³-hybridized carbons (Fsp3) is 0.562. The normalized spacial score (nSPS) is 28.5. The molecule has 1 amide bonds. The molecule has 2 aromatic rings. The Balaban J connectivity index is 1.48. The van der Waals surface area contributed by atoms with Crippen molar-refractivity contribution in [3.8, 4) is 0 Å². The first kappa shape index (κ1) is 13.7. The summed E-state index contributed by atoms with van der Waals surface area (Å²) in [5, 5.41) is 19.4. The zero-order valence-corrected chi connectivity index (χ0v) is 12.6. The summed E-state index contributed by atoms with van der Waals surface area (Å²) in [6, 6.07) is 7.57. The van der Waals surface area contributed by atoms with Gasteiger partial charge in [0.1, 0.15) is 17.6 Å². The number of likely N-dealkylation sites (tertiary alicyclic amines) is 1. The number of nitrogens with zero attached hydrogens (tertiary/aromatic N) is 4. The number of aliphatic hydroxyl groups is 1. The second kappa shape index (κ2) is 4.78. The van der Waals surface area contributed by atoms with Crippen LogP contribution in [-0.2, 0) is 11.3 Å². The van der Waals surface area contributed by atoms with Crippen LogP contribution < -0.4 is 0 Å². The van der Waals surface area contributed by atoms with Crippen LogP contribution in [0.5, 0.6) is 0 Å². The smallest absolute Gasteiger partial charge is 0.246 e. The molecule has 2 unspecified atom stereocenters. The van der Waals surface area contributed by atoms with E-state index >= 15 is 0 Å². The molecule has 1 aromatic carbocycles. The van der Waals surface area contributed by atoms with E-state index < -0.39 is 5.60 Å². The summed E-state index contributed by atoms with van der Waals surface area (Å²) in [6.45, 7) is 3.22. The fourth-order valence-electron chi connectivity index (χ4n) is 3.52. The number of aromatic nitrogens is 3. The van der Waals surface area contributed by atoms with Crippen molar-refractivity contribution in [1.82, 2.24) is 19.9 Å². The maximum absolute atomic E-state index is 12.5. The van der Waals surface area contributed by atoms with E-state index in [9.17, 15) is 9.90 Å². The van der Waals surface area contributed by atoms with Gasteiger partial charge in [0.25, 0.3) is 0 Å². The minimum atomic E-state index is -0.697. The third-order valence-corrected chi connectivity index (χ3v) is 5.03. The van der Waals surface area contributed by atoms with Crippen LogP contribution in [0.15, 0.2) is 24.3 Å². The summed E-state index contributed by atoms with van der Waals surface area (Å²) in [6.07, 6.45) is 2.16. The van der Waals surface area contributed by atoms with Crippen molar-refractivity contribution in [2.24, 2.45) is 11.8 Å². The summed E-state index contributed by atoms with van der Waals surface area (Å²) < 4.78 is 0. The summed E-state index contributed by atoms with van der Waals surface area (Å²) in [4.78, 5) is 15.7. The van der Waals surface area contributed by atoms with Crippen molar-refractivity contribution in [2.75, 3.05) is 13.1 Å². The minimum Gasteiger partial charge on any atom is -0.387 e. The van der Waals surface area contributed by atoms with E-state index in [1.54, 1.807) is 4.90 Å². The van der Waals surface area contributed by atoms with Crippen LogP contribution in [0, 0.1) is 11.8 Å². The summed E-state index contributed by atoms with van der Waals surface area (Å²) in [5.41, 5.74) is 0.886. The zero-order valence-electron chi connectivity index (χ0n) is 12.6. The van der Waals surface area contributed by atoms with Gasteiger partial charge in [0.15, 0.2) is 0 Å². The maximum atomic E-state index is 12.5. The molecule has 2 aliphatic rings. The number of carbonyl (C=O) groups excluding carboxylic acids is 1. The zero-order chi connectivity index (χ0) is 15.3. The van der Waals surface area contributed by atoms with Crippen LogP contribution in [0.2, 0.25) is 0 Å². The molecule has 6 nitrogen and oxygen atoms in total. The van der Waals surface area contributed by atoms with E-state index in [4.69, 9.17) is 0 Å². The van der Waals surface area contributed by atoms with Gasteiger partial charge in [0, 0.05) is 12.5 Å². The average molecular weight is 300 g/mol. The molecular weight excluding hydrogens is 280 g/mol. The van der Waals surface area contributed by atoms with Crippen LogP contribution in [0.3, 0.4) is 0 Å². The fourth-order valence-corrected chi connectivity index (χ4v) is 3.52. The van der Waals surface area contributed by atoms with E-state index in [-0.39, 0.29) is 18.4 Å². The van der Waals surface area contributed by atoms with Gasteiger partial charge in [0.05, 0.1) is 12.1 Å². The molecule has 116 valence electrons. The first-order chi connectivity index (χ1) is 10.6. The molecule has 2 atom stereocenters. The van der Waals surface area contributed by atoms with Gasteiger partial charge in [-0.1, -0.05) is 19.1 Å². The molecule has 1 saturated heterocycles. The minimum absolute atomic E-state index is 0.0243. The van der Waals surface area contributed by atoms with Crippen molar-refractivity contribution in [3.05, 3.63) is 24.3 Å². The molecule has 1 N–H and O–H groups in total. The molecule has 2 heterocycles. The SMILES string of the molecule is CC1CN(C(=O)Cn2nc3ccccc3n2)CC1(O)C1CC1. The Morgan fingerprint density at radius 2 is 1.95 bits per heavy atom. The monoisotopic (exact) mass is 300 g/mol. The lowest BCUT2D eigenvalue weighted by molar-refractivity contribution is -0.132. The Hall–Kier alpha value is -1.95. The van der Waals surface area contributed by atoms with Crippen LogP contribution in [0.4, 0.5) is 0 Å². The lowest BCUT2D eigenvalue weighted by Crippen LogP contribution is -2.41. The predicted molar refractivity (Wildman–Crippen MR) is 80.9 cm³/mol. The number of hydrogen-bond acceptors (Lipinski definition) is 4. The number of amides is 1. The highest BCUT2D eigenvalue weighted by Gasteiger charge is 2.53. The quantitative estimate of drug-likeness (QED) is 0.920. The van der Waals surface area contributed by atoms with Crippen molar-refractivity contribution < 1.29 is 9.90 Å². The molecule has 1 saturated carbocycles. The topological polar surface area (TPSA) is 71.2 Å². The third-order valence-electron chi connectivity index (χ3n) is 5.03. The summed E-state index contributed by atoms with van der Waals surface area (Å²) >= 11 is 0. The molecule has 2 fully saturated rings. The Kier molecular flexibility index (Phi) is 2.97. The van der Waals surface area contributed by atoms with E-state index in [0.29, 0.717) is 19.0 Å². The van der Waals surface area contributed by atoms with E-state index in [2.05, 4.69) is 10.2 Å². The number of β-amino-alcohol motifs (C(OH)–C–C–N with tert-alkyl or cyclic N) is 1. The molecule has 1 aliphatic carbocycles. The predicted octanol–water partition coefficient (Wildman–Crippen LogP) is 1.05. The van der Waals surface area contributed by atoms with Gasteiger partial charge < -0.3 is 10.0 Å². The number of hydrogen-bond donors (Lipinski definition) is 1. The van der Waals surface area contributed by atoms with E-state index in [0.717, 1.165) is 23.9 Å². The highest BCUT2D eigenvalue weighted by molar-refractivity contribution is 5.77. The average Bonchev–Trinajstić information content (AvgIpc) is 3.20. The molecule has 1 aliphatic heterocycles. The van der Waals surface area contributed by atoms with Gasteiger partial charge in [-0.15, -0.1) is 0 Å². The first-order valence-electron chi connectivity index (χ1n) is 7.86. The van der Waals surface area contributed by atoms with Gasteiger partial charge in [-0.2, -0.15) is 15.0 Å². The van der Waals surface area contributed by atoms with Crippen LogP contribution >= 0.6 is 0 Å². The van der Waals surface area contributed by atoms with Gasteiger partial charge >= 0.3 is 0 Å².